The number of hydrogen-bond acceptors (Lipinski definition) is 4. The number of rotatable bonds is 6. The number of anilines is 1. The molecule has 2 rings (SSSR count). The summed E-state index contributed by atoms with van der Waals surface area (Å²) >= 11 is 0. The van der Waals surface area contributed by atoms with Gasteiger partial charge in [0, 0.05) is 44.6 Å². The molecule has 1 atom stereocenters. The first kappa shape index (κ1) is 17.5. The van der Waals surface area contributed by atoms with E-state index in [1.807, 2.05) is 44.3 Å². The predicted octanol–water partition coefficient (Wildman–Crippen LogP) is 0.188. The highest BCUT2D eigenvalue weighted by atomic mass is 16.2. The number of benzene rings is 1. The zero-order chi connectivity index (χ0) is 17.7. The lowest BCUT2D eigenvalue weighted by Gasteiger charge is -2.27. The molecule has 0 aliphatic rings. The van der Waals surface area contributed by atoms with Crippen molar-refractivity contribution in [3.63, 3.8) is 0 Å². The highest BCUT2D eigenvalue weighted by Crippen LogP contribution is 2.13. The van der Waals surface area contributed by atoms with Crippen LogP contribution in [0.1, 0.15) is 6.92 Å². The SMILES string of the molecule is C[C@H](CNC(=O)Cn1ccc(=O)n(C)c1=O)N(C)c1ccccc1. The van der Waals surface area contributed by atoms with Gasteiger partial charge in [0.2, 0.25) is 5.91 Å². The molecule has 0 unspecified atom stereocenters. The van der Waals surface area contributed by atoms with Crippen LogP contribution in [0.5, 0.6) is 0 Å². The summed E-state index contributed by atoms with van der Waals surface area (Å²) in [6.45, 7) is 2.34. The van der Waals surface area contributed by atoms with Crippen molar-refractivity contribution in [1.29, 1.82) is 0 Å². The molecule has 2 aromatic rings. The minimum absolute atomic E-state index is 0.0909. The molecule has 0 saturated carbocycles. The van der Waals surface area contributed by atoms with Crippen LogP contribution >= 0.6 is 0 Å². The average Bonchev–Trinajstić information content (AvgIpc) is 2.60. The number of likely N-dealkylation sites (N-methyl/N-ethyl adjacent to an activating group) is 1. The Kier molecular flexibility index (Phi) is 5.57. The summed E-state index contributed by atoms with van der Waals surface area (Å²) in [5, 5.41) is 2.82. The second-order valence-electron chi connectivity index (χ2n) is 5.72. The van der Waals surface area contributed by atoms with Gasteiger partial charge in [-0.05, 0) is 19.1 Å². The van der Waals surface area contributed by atoms with Gasteiger partial charge in [-0.2, -0.15) is 0 Å². The third-order valence-electron chi connectivity index (χ3n) is 3.99. The van der Waals surface area contributed by atoms with E-state index in [4.69, 9.17) is 0 Å². The van der Waals surface area contributed by atoms with E-state index in [1.165, 1.54) is 23.9 Å². The zero-order valence-electron chi connectivity index (χ0n) is 14.1. The van der Waals surface area contributed by atoms with Crippen LogP contribution in [-0.2, 0) is 18.4 Å². The topological polar surface area (TPSA) is 76.3 Å². The maximum Gasteiger partial charge on any atom is 0.331 e. The van der Waals surface area contributed by atoms with Crippen LogP contribution in [0.25, 0.3) is 0 Å². The first-order valence-electron chi connectivity index (χ1n) is 7.71. The fraction of sp³-hybridized carbons (Fsp3) is 0.353. The number of nitrogens with one attached hydrogen (secondary N) is 1. The maximum atomic E-state index is 12.0. The summed E-state index contributed by atoms with van der Waals surface area (Å²) in [5.74, 6) is -0.274. The van der Waals surface area contributed by atoms with Crippen molar-refractivity contribution in [2.45, 2.75) is 19.5 Å². The average molecular weight is 330 g/mol. The van der Waals surface area contributed by atoms with Crippen LogP contribution in [0.15, 0.2) is 52.2 Å². The molecular formula is C17H22N4O3. The number of para-hydroxylation sites is 1. The molecule has 1 amide bonds. The fourth-order valence-corrected chi connectivity index (χ4v) is 2.26. The van der Waals surface area contributed by atoms with E-state index in [-0.39, 0.29) is 18.5 Å². The van der Waals surface area contributed by atoms with Gasteiger partial charge in [0.1, 0.15) is 6.54 Å². The summed E-state index contributed by atoms with van der Waals surface area (Å²) in [7, 11) is 3.35. The molecule has 0 radical (unpaired) electrons. The number of carbonyl (C=O) groups is 1. The maximum absolute atomic E-state index is 12.0. The zero-order valence-corrected chi connectivity index (χ0v) is 14.1. The van der Waals surface area contributed by atoms with Gasteiger partial charge in [0.25, 0.3) is 5.56 Å². The molecule has 0 bridgehead atoms. The Balaban J connectivity index is 1.93. The lowest BCUT2D eigenvalue weighted by atomic mass is 10.2. The molecule has 0 fully saturated rings. The van der Waals surface area contributed by atoms with Gasteiger partial charge >= 0.3 is 5.69 Å². The van der Waals surface area contributed by atoms with E-state index >= 15 is 0 Å². The van der Waals surface area contributed by atoms with E-state index in [0.717, 1.165) is 10.3 Å². The molecule has 0 aliphatic heterocycles. The largest absolute Gasteiger partial charge is 0.370 e. The first-order valence-corrected chi connectivity index (χ1v) is 7.71. The summed E-state index contributed by atoms with van der Waals surface area (Å²) in [6, 6.07) is 11.2. The molecule has 1 heterocycles. The molecule has 0 spiro atoms. The van der Waals surface area contributed by atoms with Crippen molar-refractivity contribution >= 4 is 11.6 Å². The standard InChI is InChI=1S/C17H22N4O3/c1-13(19(2)14-7-5-4-6-8-14)11-18-15(22)12-21-10-9-16(23)20(3)17(21)24/h4-10,13H,11-12H2,1-3H3,(H,18,22)/t13-/m1/s1. The van der Waals surface area contributed by atoms with Gasteiger partial charge in [-0.1, -0.05) is 18.2 Å². The van der Waals surface area contributed by atoms with E-state index in [1.54, 1.807) is 0 Å². The van der Waals surface area contributed by atoms with Crippen LogP contribution in [0.3, 0.4) is 0 Å². The number of nitrogens with zero attached hydrogens (tertiary/aromatic N) is 3. The van der Waals surface area contributed by atoms with E-state index < -0.39 is 11.2 Å². The first-order chi connectivity index (χ1) is 11.4. The normalized spacial score (nSPS) is 11.8. The van der Waals surface area contributed by atoms with Crippen molar-refractivity contribution in [3.8, 4) is 0 Å². The van der Waals surface area contributed by atoms with Crippen molar-refractivity contribution < 1.29 is 4.79 Å². The van der Waals surface area contributed by atoms with Crippen LogP contribution in [0.2, 0.25) is 0 Å². The van der Waals surface area contributed by atoms with Crippen LogP contribution < -0.4 is 21.5 Å². The monoisotopic (exact) mass is 330 g/mol. The molecule has 7 heteroatoms. The minimum Gasteiger partial charge on any atom is -0.370 e. The Morgan fingerprint density at radius 2 is 1.88 bits per heavy atom. The lowest BCUT2D eigenvalue weighted by Crippen LogP contribution is -2.43. The third kappa shape index (κ3) is 4.13. The van der Waals surface area contributed by atoms with Crippen molar-refractivity contribution in [3.05, 3.63) is 63.4 Å². The summed E-state index contributed by atoms with van der Waals surface area (Å²) in [5.41, 5.74) is 0.162. The van der Waals surface area contributed by atoms with Gasteiger partial charge in [-0.15, -0.1) is 0 Å². The van der Waals surface area contributed by atoms with E-state index in [9.17, 15) is 14.4 Å². The molecule has 1 aromatic carbocycles. The molecule has 7 nitrogen and oxygen atoms in total. The summed E-state index contributed by atoms with van der Waals surface area (Å²) in [6.07, 6.45) is 1.34. The lowest BCUT2D eigenvalue weighted by molar-refractivity contribution is -0.121. The fourth-order valence-electron chi connectivity index (χ4n) is 2.26. The Hall–Kier alpha value is -2.83. The number of aromatic nitrogens is 2. The highest BCUT2D eigenvalue weighted by Gasteiger charge is 2.12. The molecule has 24 heavy (non-hydrogen) atoms. The Labute approximate surface area is 140 Å². The molecule has 1 aromatic heterocycles. The Morgan fingerprint density at radius 1 is 1.21 bits per heavy atom. The second kappa shape index (κ2) is 7.63. The van der Waals surface area contributed by atoms with E-state index in [0.29, 0.717) is 6.54 Å². The summed E-state index contributed by atoms with van der Waals surface area (Å²) < 4.78 is 2.18. The molecular weight excluding hydrogens is 308 g/mol. The Morgan fingerprint density at radius 3 is 2.54 bits per heavy atom. The number of carbonyl (C=O) groups excluding carboxylic acids is 1. The van der Waals surface area contributed by atoms with Gasteiger partial charge in [0.15, 0.2) is 0 Å². The van der Waals surface area contributed by atoms with Gasteiger partial charge in [0.05, 0.1) is 0 Å². The van der Waals surface area contributed by atoms with Gasteiger partial charge in [-0.3, -0.25) is 18.7 Å². The quantitative estimate of drug-likeness (QED) is 0.820. The second-order valence-corrected chi connectivity index (χ2v) is 5.72. The van der Waals surface area contributed by atoms with Gasteiger partial charge in [-0.25, -0.2) is 4.79 Å². The van der Waals surface area contributed by atoms with Crippen LogP contribution in [0.4, 0.5) is 5.69 Å². The minimum atomic E-state index is -0.507. The Bertz CT molecular complexity index is 811. The molecule has 0 saturated heterocycles. The van der Waals surface area contributed by atoms with Crippen LogP contribution in [0, 0.1) is 0 Å². The number of amides is 1. The number of hydrogen-bond donors (Lipinski definition) is 1. The van der Waals surface area contributed by atoms with Crippen molar-refractivity contribution in [2.24, 2.45) is 7.05 Å². The summed E-state index contributed by atoms with van der Waals surface area (Å²) in [4.78, 5) is 37.4. The van der Waals surface area contributed by atoms with Gasteiger partial charge < -0.3 is 10.2 Å². The molecule has 0 aliphatic carbocycles. The highest BCUT2D eigenvalue weighted by molar-refractivity contribution is 5.75. The predicted molar refractivity (Wildman–Crippen MR) is 93.3 cm³/mol. The molecule has 1 N–H and O–H groups in total. The van der Waals surface area contributed by atoms with Crippen molar-refractivity contribution in [2.75, 3.05) is 18.5 Å². The van der Waals surface area contributed by atoms with Crippen molar-refractivity contribution in [1.82, 2.24) is 14.5 Å². The van der Waals surface area contributed by atoms with E-state index in [2.05, 4.69) is 10.2 Å². The third-order valence-corrected chi connectivity index (χ3v) is 3.99. The van der Waals surface area contributed by atoms with Crippen LogP contribution in [-0.4, -0.2) is 34.7 Å². The molecule has 128 valence electrons. The smallest absolute Gasteiger partial charge is 0.331 e.